The molecule has 8 heteroatoms. The Kier molecular flexibility index (Phi) is 7.01. The molecule has 3 aromatic rings. The van der Waals surface area contributed by atoms with Crippen LogP contribution in [0.15, 0.2) is 41.3 Å². The first-order chi connectivity index (χ1) is 15.4. The monoisotopic (exact) mass is 471 g/mol. The van der Waals surface area contributed by atoms with Gasteiger partial charge in [-0.1, -0.05) is 30.6 Å². The number of rotatable bonds is 7. The summed E-state index contributed by atoms with van der Waals surface area (Å²) in [4.78, 5) is 6.37. The largest absolute Gasteiger partial charge is 0.508 e. The van der Waals surface area contributed by atoms with E-state index in [2.05, 4.69) is 10.0 Å². The summed E-state index contributed by atoms with van der Waals surface area (Å²) >= 11 is 1.64. The molecule has 0 saturated heterocycles. The molecule has 0 radical (unpaired) electrons. The quantitative estimate of drug-likeness (QED) is 0.367. The average Bonchev–Trinajstić information content (AvgIpc) is 3.15. The predicted molar refractivity (Wildman–Crippen MR) is 132 cm³/mol. The molecular formula is C24H29N3O3S2. The lowest BCUT2D eigenvalue weighted by Gasteiger charge is -2.22. The third kappa shape index (κ3) is 5.07. The van der Waals surface area contributed by atoms with Gasteiger partial charge < -0.3 is 19.9 Å². The van der Waals surface area contributed by atoms with Crippen LogP contribution in [0.2, 0.25) is 0 Å². The number of ether oxygens (including phenoxy) is 1. The molecule has 6 nitrogen and oxygen atoms in total. The number of hydrogen-bond donors (Lipinski definition) is 3. The Hall–Kier alpha value is -2.58. The number of nitrogens with one attached hydrogen (secondary N) is 2. The zero-order valence-electron chi connectivity index (χ0n) is 18.6. The lowest BCUT2D eigenvalue weighted by Crippen LogP contribution is -2.21. The molecule has 4 rings (SSSR count). The van der Waals surface area contributed by atoms with Gasteiger partial charge in [-0.15, -0.1) is 0 Å². The van der Waals surface area contributed by atoms with E-state index < -0.39 is 11.0 Å². The van der Waals surface area contributed by atoms with Crippen molar-refractivity contribution in [1.29, 1.82) is 0 Å². The maximum atomic E-state index is 13.2. The molecule has 1 saturated carbocycles. The minimum atomic E-state index is -1.54. The number of thiazole rings is 1. The van der Waals surface area contributed by atoms with Crippen LogP contribution in [-0.4, -0.2) is 27.5 Å². The van der Waals surface area contributed by atoms with Crippen LogP contribution in [0.4, 0.5) is 10.8 Å². The first kappa shape index (κ1) is 22.6. The second kappa shape index (κ2) is 9.92. The van der Waals surface area contributed by atoms with Crippen LogP contribution in [0, 0.1) is 13.8 Å². The molecule has 1 aliphatic rings. The predicted octanol–water partition coefficient (Wildman–Crippen LogP) is 6.02. The molecule has 1 heterocycles. The molecule has 1 unspecified atom stereocenters. The van der Waals surface area contributed by atoms with Crippen molar-refractivity contribution in [3.05, 3.63) is 47.7 Å². The van der Waals surface area contributed by atoms with E-state index in [1.807, 2.05) is 32.0 Å². The van der Waals surface area contributed by atoms with Gasteiger partial charge in [0.2, 0.25) is 0 Å². The fraction of sp³-hybridized carbons (Fsp3) is 0.375. The van der Waals surface area contributed by atoms with Gasteiger partial charge in [0.05, 0.1) is 17.7 Å². The van der Waals surface area contributed by atoms with Crippen molar-refractivity contribution in [1.82, 2.24) is 4.98 Å². The van der Waals surface area contributed by atoms with Crippen LogP contribution < -0.4 is 14.8 Å². The van der Waals surface area contributed by atoms with E-state index in [4.69, 9.17) is 9.72 Å². The summed E-state index contributed by atoms with van der Waals surface area (Å²) in [7, 11) is 0.0348. The van der Waals surface area contributed by atoms with Gasteiger partial charge in [-0.2, -0.15) is 0 Å². The molecule has 0 amide bonds. The van der Waals surface area contributed by atoms with E-state index in [0.717, 1.165) is 26.8 Å². The number of nitrogens with zero attached hydrogens (tertiary/aromatic N) is 1. The third-order valence-corrected chi connectivity index (χ3v) is 8.03. The van der Waals surface area contributed by atoms with E-state index in [1.165, 1.54) is 32.1 Å². The van der Waals surface area contributed by atoms with E-state index in [0.29, 0.717) is 22.4 Å². The molecule has 0 aliphatic heterocycles. The smallest absolute Gasteiger partial charge is 0.183 e. The Morgan fingerprint density at radius 2 is 1.91 bits per heavy atom. The summed E-state index contributed by atoms with van der Waals surface area (Å²) in [6, 6.07) is 11.2. The molecule has 1 aromatic heterocycles. The van der Waals surface area contributed by atoms with Crippen LogP contribution in [0.1, 0.15) is 43.4 Å². The molecule has 32 heavy (non-hydrogen) atoms. The fourth-order valence-corrected chi connectivity index (χ4v) is 6.17. The number of phenolic OH excluding ortho intramolecular Hbond substituents is 1. The fourth-order valence-electron chi connectivity index (χ4n) is 4.03. The number of aromatic nitrogens is 1. The number of phenols is 1. The minimum Gasteiger partial charge on any atom is -0.508 e. The van der Waals surface area contributed by atoms with Crippen molar-refractivity contribution in [2.24, 2.45) is 0 Å². The van der Waals surface area contributed by atoms with Gasteiger partial charge in [0.25, 0.3) is 0 Å². The van der Waals surface area contributed by atoms with Crippen LogP contribution in [-0.2, 0) is 11.0 Å². The normalized spacial score (nSPS) is 15.3. The Labute approximate surface area is 195 Å². The van der Waals surface area contributed by atoms with Gasteiger partial charge in [-0.3, -0.25) is 0 Å². The van der Waals surface area contributed by atoms with Gasteiger partial charge in [0.15, 0.2) is 16.1 Å². The molecule has 3 N–H and O–H groups in total. The van der Waals surface area contributed by atoms with Crippen LogP contribution in [0.25, 0.3) is 10.4 Å². The zero-order chi connectivity index (χ0) is 22.7. The van der Waals surface area contributed by atoms with Gasteiger partial charge >= 0.3 is 0 Å². The lowest BCUT2D eigenvalue weighted by molar-refractivity contribution is 0.404. The summed E-state index contributed by atoms with van der Waals surface area (Å²) in [5, 5.41) is 14.2. The molecule has 1 aliphatic carbocycles. The summed E-state index contributed by atoms with van der Waals surface area (Å²) in [6.45, 7) is 3.87. The highest BCUT2D eigenvalue weighted by atomic mass is 32.2. The number of anilines is 2. The lowest BCUT2D eigenvalue weighted by atomic mass is 9.96. The summed E-state index contributed by atoms with van der Waals surface area (Å²) in [5.41, 5.74) is 3.43. The molecule has 1 fully saturated rings. The first-order valence-corrected chi connectivity index (χ1v) is 12.8. The number of hydrogen-bond acceptors (Lipinski definition) is 6. The summed E-state index contributed by atoms with van der Waals surface area (Å²) in [6.07, 6.45) is 6.26. The average molecular weight is 472 g/mol. The number of aryl methyl sites for hydroxylation is 2. The summed E-state index contributed by atoms with van der Waals surface area (Å²) < 4.78 is 21.7. The maximum absolute atomic E-state index is 13.2. The van der Waals surface area contributed by atoms with Crippen molar-refractivity contribution in [3.8, 4) is 21.9 Å². The second-order valence-electron chi connectivity index (χ2n) is 8.15. The number of methoxy groups -OCH3 is 1. The van der Waals surface area contributed by atoms with Gasteiger partial charge in [0, 0.05) is 11.7 Å². The van der Waals surface area contributed by atoms with E-state index in [9.17, 15) is 9.32 Å². The molecular weight excluding hydrogens is 442 g/mol. The van der Waals surface area contributed by atoms with Crippen LogP contribution in [0.3, 0.4) is 0 Å². The van der Waals surface area contributed by atoms with E-state index >= 15 is 0 Å². The zero-order valence-corrected chi connectivity index (χ0v) is 20.2. The Morgan fingerprint density at radius 1 is 1.12 bits per heavy atom. The number of aromatic hydroxyl groups is 1. The van der Waals surface area contributed by atoms with E-state index in [-0.39, 0.29) is 5.75 Å². The van der Waals surface area contributed by atoms with Crippen molar-refractivity contribution in [2.45, 2.75) is 56.9 Å². The van der Waals surface area contributed by atoms with Gasteiger partial charge in [0.1, 0.15) is 16.4 Å². The Balaban J connectivity index is 1.59. The SMILES string of the molecule is COc1ccc(-c2sc(NC3CCCCC3)nc2C)cc1S(=O)Nc1ccc(O)cc1C. The summed E-state index contributed by atoms with van der Waals surface area (Å²) in [5.74, 6) is 0.732. The molecule has 1 atom stereocenters. The highest BCUT2D eigenvalue weighted by molar-refractivity contribution is 7.86. The minimum absolute atomic E-state index is 0.178. The first-order valence-electron chi connectivity index (χ1n) is 10.8. The maximum Gasteiger partial charge on any atom is 0.183 e. The van der Waals surface area contributed by atoms with Gasteiger partial charge in [-0.25, -0.2) is 9.19 Å². The van der Waals surface area contributed by atoms with Gasteiger partial charge in [-0.05, 0) is 74.2 Å². The van der Waals surface area contributed by atoms with Crippen LogP contribution >= 0.6 is 11.3 Å². The van der Waals surface area contributed by atoms with E-state index in [1.54, 1.807) is 36.6 Å². The topological polar surface area (TPSA) is 83.5 Å². The highest BCUT2D eigenvalue weighted by Gasteiger charge is 2.19. The number of benzene rings is 2. The third-order valence-electron chi connectivity index (χ3n) is 5.77. The van der Waals surface area contributed by atoms with Crippen molar-refractivity contribution < 1.29 is 14.1 Å². The molecule has 0 spiro atoms. The standard InChI is InChI=1S/C24H29N3O3S2/c1-15-13-19(28)10-11-20(15)27-32(29)22-14-17(9-12-21(22)30-3)23-16(2)25-24(31-23)26-18-7-5-4-6-8-18/h9-14,18,27-28H,4-8H2,1-3H3,(H,25,26). The van der Waals surface area contributed by atoms with Crippen molar-refractivity contribution >= 4 is 33.1 Å². The highest BCUT2D eigenvalue weighted by Crippen LogP contribution is 2.37. The van der Waals surface area contributed by atoms with Crippen molar-refractivity contribution in [2.75, 3.05) is 17.1 Å². The Bertz CT molecular complexity index is 1120. The van der Waals surface area contributed by atoms with Crippen molar-refractivity contribution in [3.63, 3.8) is 0 Å². The van der Waals surface area contributed by atoms with Crippen LogP contribution in [0.5, 0.6) is 11.5 Å². The molecule has 2 aromatic carbocycles. The second-order valence-corrected chi connectivity index (χ2v) is 10.3. The Morgan fingerprint density at radius 3 is 2.62 bits per heavy atom. The molecule has 0 bridgehead atoms. The molecule has 170 valence electrons.